The second kappa shape index (κ2) is 6.67. The number of pyridine rings is 1. The van der Waals surface area contributed by atoms with Gasteiger partial charge in [0, 0.05) is 24.2 Å². The third-order valence-electron chi connectivity index (χ3n) is 3.49. The Balaban J connectivity index is 1.70. The number of aryl methyl sites for hydroxylation is 1. The van der Waals surface area contributed by atoms with Gasteiger partial charge in [-0.25, -0.2) is 4.98 Å². The highest BCUT2D eigenvalue weighted by Crippen LogP contribution is 2.23. The summed E-state index contributed by atoms with van der Waals surface area (Å²) in [5.41, 5.74) is 1.08. The standard InChI is InChI=1S/C17H15N3O3S/c1-20-8-7-13(14(21)17(20)23)15(22)18-9-12-10-24-16(19-12)11-5-3-2-4-6-11/h2-8,10,21H,9H2,1H3,(H,18,22). The molecule has 0 fully saturated rings. The first-order valence-corrected chi connectivity index (χ1v) is 8.11. The van der Waals surface area contributed by atoms with Crippen molar-refractivity contribution in [2.45, 2.75) is 6.54 Å². The van der Waals surface area contributed by atoms with E-state index < -0.39 is 17.2 Å². The van der Waals surface area contributed by atoms with E-state index >= 15 is 0 Å². The van der Waals surface area contributed by atoms with Crippen molar-refractivity contribution in [3.63, 3.8) is 0 Å². The predicted molar refractivity (Wildman–Crippen MR) is 92.1 cm³/mol. The molecule has 0 aliphatic rings. The van der Waals surface area contributed by atoms with Crippen LogP contribution in [-0.4, -0.2) is 20.6 Å². The first kappa shape index (κ1) is 15.9. The molecule has 0 aliphatic carbocycles. The minimum absolute atomic E-state index is 0.0448. The number of aromatic nitrogens is 2. The molecule has 2 aromatic heterocycles. The van der Waals surface area contributed by atoms with E-state index in [4.69, 9.17) is 0 Å². The van der Waals surface area contributed by atoms with Gasteiger partial charge in [-0.1, -0.05) is 30.3 Å². The Hall–Kier alpha value is -2.93. The molecule has 2 N–H and O–H groups in total. The molecular weight excluding hydrogens is 326 g/mol. The van der Waals surface area contributed by atoms with Crippen LogP contribution in [0.1, 0.15) is 16.1 Å². The van der Waals surface area contributed by atoms with Crippen LogP contribution in [0, 0.1) is 0 Å². The summed E-state index contributed by atoms with van der Waals surface area (Å²) in [6, 6.07) is 11.2. The molecule has 0 unspecified atom stereocenters. The molecule has 6 nitrogen and oxygen atoms in total. The minimum atomic E-state index is -0.609. The first-order chi connectivity index (χ1) is 11.6. The van der Waals surface area contributed by atoms with Gasteiger partial charge in [0.25, 0.3) is 11.5 Å². The summed E-state index contributed by atoms with van der Waals surface area (Å²) in [6.07, 6.45) is 1.44. The Morgan fingerprint density at radius 3 is 2.79 bits per heavy atom. The molecule has 2 heterocycles. The summed E-state index contributed by atoms with van der Waals surface area (Å²) in [5.74, 6) is -1.07. The molecule has 0 spiro atoms. The van der Waals surface area contributed by atoms with Crippen molar-refractivity contribution in [2.75, 3.05) is 0 Å². The van der Waals surface area contributed by atoms with Gasteiger partial charge in [0.05, 0.1) is 17.8 Å². The van der Waals surface area contributed by atoms with Crippen molar-refractivity contribution < 1.29 is 9.90 Å². The fourth-order valence-electron chi connectivity index (χ4n) is 2.17. The normalized spacial score (nSPS) is 10.5. The minimum Gasteiger partial charge on any atom is -0.502 e. The number of amides is 1. The molecule has 0 aliphatic heterocycles. The Kier molecular flexibility index (Phi) is 4.43. The van der Waals surface area contributed by atoms with E-state index in [9.17, 15) is 14.7 Å². The maximum Gasteiger partial charge on any atom is 0.293 e. The molecule has 0 radical (unpaired) electrons. The van der Waals surface area contributed by atoms with Gasteiger partial charge >= 0.3 is 0 Å². The number of nitrogens with one attached hydrogen (secondary N) is 1. The molecule has 0 saturated carbocycles. The van der Waals surface area contributed by atoms with E-state index in [0.717, 1.165) is 16.3 Å². The Morgan fingerprint density at radius 1 is 1.29 bits per heavy atom. The van der Waals surface area contributed by atoms with Crippen molar-refractivity contribution in [3.05, 3.63) is 69.6 Å². The fourth-order valence-corrected chi connectivity index (χ4v) is 2.99. The maximum absolute atomic E-state index is 12.1. The van der Waals surface area contributed by atoms with Crippen LogP contribution in [0.2, 0.25) is 0 Å². The summed E-state index contributed by atoms with van der Waals surface area (Å²) >= 11 is 1.49. The lowest BCUT2D eigenvalue weighted by atomic mass is 10.2. The van der Waals surface area contributed by atoms with Crippen LogP contribution in [0.5, 0.6) is 5.75 Å². The van der Waals surface area contributed by atoms with E-state index in [-0.39, 0.29) is 12.1 Å². The van der Waals surface area contributed by atoms with Crippen molar-refractivity contribution in [3.8, 4) is 16.3 Å². The van der Waals surface area contributed by atoms with Crippen molar-refractivity contribution in [2.24, 2.45) is 7.05 Å². The lowest BCUT2D eigenvalue weighted by molar-refractivity contribution is 0.0947. The molecule has 0 bridgehead atoms. The SMILES string of the molecule is Cn1ccc(C(=O)NCc2csc(-c3ccccc3)n2)c(O)c1=O. The molecule has 3 rings (SSSR count). The largest absolute Gasteiger partial charge is 0.502 e. The highest BCUT2D eigenvalue weighted by atomic mass is 32.1. The Labute approximate surface area is 142 Å². The summed E-state index contributed by atoms with van der Waals surface area (Å²) in [6.45, 7) is 0.219. The van der Waals surface area contributed by atoms with Gasteiger partial charge in [-0.05, 0) is 6.07 Å². The van der Waals surface area contributed by atoms with Gasteiger partial charge in [-0.2, -0.15) is 0 Å². The van der Waals surface area contributed by atoms with Gasteiger partial charge in [0.1, 0.15) is 5.01 Å². The Morgan fingerprint density at radius 2 is 2.04 bits per heavy atom. The molecule has 122 valence electrons. The number of hydrogen-bond acceptors (Lipinski definition) is 5. The average Bonchev–Trinajstić information content (AvgIpc) is 3.07. The molecule has 1 aromatic carbocycles. The van der Waals surface area contributed by atoms with Crippen LogP contribution in [0.4, 0.5) is 0 Å². The topological polar surface area (TPSA) is 84.2 Å². The van der Waals surface area contributed by atoms with Gasteiger partial charge < -0.3 is 15.0 Å². The highest BCUT2D eigenvalue weighted by molar-refractivity contribution is 7.13. The van der Waals surface area contributed by atoms with Gasteiger partial charge in [-0.15, -0.1) is 11.3 Å². The molecule has 24 heavy (non-hydrogen) atoms. The zero-order valence-corrected chi connectivity index (χ0v) is 13.7. The second-order valence-electron chi connectivity index (χ2n) is 5.19. The van der Waals surface area contributed by atoms with Gasteiger partial charge in [-0.3, -0.25) is 9.59 Å². The number of aromatic hydroxyl groups is 1. The molecule has 7 heteroatoms. The number of carbonyl (C=O) groups excluding carboxylic acids is 1. The smallest absolute Gasteiger partial charge is 0.293 e. The number of nitrogens with zero attached hydrogens (tertiary/aromatic N) is 2. The number of hydrogen-bond donors (Lipinski definition) is 2. The van der Waals surface area contributed by atoms with Crippen molar-refractivity contribution >= 4 is 17.2 Å². The summed E-state index contributed by atoms with van der Waals surface area (Å²) in [5, 5.41) is 15.2. The zero-order chi connectivity index (χ0) is 17.1. The molecular formula is C17H15N3O3S. The van der Waals surface area contributed by atoms with Crippen LogP contribution in [0.3, 0.4) is 0 Å². The summed E-state index contributed by atoms with van der Waals surface area (Å²) in [7, 11) is 1.50. The molecule has 1 amide bonds. The fraction of sp³-hybridized carbons (Fsp3) is 0.118. The lowest BCUT2D eigenvalue weighted by Crippen LogP contribution is -2.26. The van der Waals surface area contributed by atoms with E-state index in [2.05, 4.69) is 10.3 Å². The molecule has 0 saturated heterocycles. The van der Waals surface area contributed by atoms with Crippen LogP contribution in [-0.2, 0) is 13.6 Å². The number of benzene rings is 1. The van der Waals surface area contributed by atoms with E-state index in [1.165, 1.54) is 35.2 Å². The molecule has 0 atom stereocenters. The van der Waals surface area contributed by atoms with Crippen molar-refractivity contribution in [1.82, 2.24) is 14.9 Å². The summed E-state index contributed by atoms with van der Waals surface area (Å²) in [4.78, 5) is 28.3. The van der Waals surface area contributed by atoms with E-state index in [1.807, 2.05) is 35.7 Å². The third-order valence-corrected chi connectivity index (χ3v) is 4.43. The number of carbonyl (C=O) groups is 1. The third kappa shape index (κ3) is 3.21. The quantitative estimate of drug-likeness (QED) is 0.761. The zero-order valence-electron chi connectivity index (χ0n) is 12.9. The van der Waals surface area contributed by atoms with E-state index in [0.29, 0.717) is 0 Å². The monoisotopic (exact) mass is 341 g/mol. The van der Waals surface area contributed by atoms with Crippen LogP contribution in [0.15, 0.2) is 52.8 Å². The predicted octanol–water partition coefficient (Wildman–Crippen LogP) is 2.14. The second-order valence-corrected chi connectivity index (χ2v) is 6.04. The maximum atomic E-state index is 12.1. The van der Waals surface area contributed by atoms with Crippen LogP contribution < -0.4 is 10.9 Å². The summed E-state index contributed by atoms with van der Waals surface area (Å²) < 4.78 is 1.21. The first-order valence-electron chi connectivity index (χ1n) is 7.23. The van der Waals surface area contributed by atoms with Gasteiger partial charge in [0.2, 0.25) is 0 Å². The highest BCUT2D eigenvalue weighted by Gasteiger charge is 2.15. The number of rotatable bonds is 4. The van der Waals surface area contributed by atoms with Gasteiger partial charge in [0.15, 0.2) is 5.75 Å². The van der Waals surface area contributed by atoms with Crippen LogP contribution >= 0.6 is 11.3 Å². The van der Waals surface area contributed by atoms with E-state index in [1.54, 1.807) is 0 Å². The molecule has 3 aromatic rings. The van der Waals surface area contributed by atoms with Crippen LogP contribution in [0.25, 0.3) is 10.6 Å². The lowest BCUT2D eigenvalue weighted by Gasteiger charge is -2.06. The number of thiazole rings is 1. The average molecular weight is 341 g/mol. The van der Waals surface area contributed by atoms with Crippen molar-refractivity contribution in [1.29, 1.82) is 0 Å². The Bertz CT molecular complexity index is 932.